The number of halogens is 2. The average Bonchev–Trinajstić information content (AvgIpc) is 3.30. The Morgan fingerprint density at radius 3 is 2.93 bits per heavy atom. The highest BCUT2D eigenvalue weighted by Gasteiger charge is 2.14. The van der Waals surface area contributed by atoms with Gasteiger partial charge >= 0.3 is 0 Å². The molecule has 0 bridgehead atoms. The van der Waals surface area contributed by atoms with Gasteiger partial charge in [-0.25, -0.2) is 19.2 Å². The largest absolute Gasteiger partial charge is 0.394 e. The molecule has 0 atom stereocenters. The van der Waals surface area contributed by atoms with Gasteiger partial charge in [-0.3, -0.25) is 4.68 Å². The molecule has 0 saturated heterocycles. The zero-order chi connectivity index (χ0) is 18.8. The summed E-state index contributed by atoms with van der Waals surface area (Å²) in [4.78, 5) is 14.5. The van der Waals surface area contributed by atoms with Gasteiger partial charge in [0.2, 0.25) is 0 Å². The van der Waals surface area contributed by atoms with Gasteiger partial charge in [-0.1, -0.05) is 12.1 Å². The fourth-order valence-electron chi connectivity index (χ4n) is 2.93. The molecular formula is C18H16ClFN6O. The van der Waals surface area contributed by atoms with Crippen LogP contribution in [0.15, 0.2) is 42.9 Å². The van der Waals surface area contributed by atoms with Crippen molar-refractivity contribution >= 4 is 22.9 Å². The molecule has 0 aliphatic heterocycles. The summed E-state index contributed by atoms with van der Waals surface area (Å²) < 4.78 is 15.9. The predicted molar refractivity (Wildman–Crippen MR) is 100 cm³/mol. The summed E-state index contributed by atoms with van der Waals surface area (Å²) >= 11 is 5.47. The van der Waals surface area contributed by atoms with E-state index < -0.39 is 0 Å². The lowest BCUT2D eigenvalue weighted by molar-refractivity contribution is 0.269. The highest BCUT2D eigenvalue weighted by Crippen LogP contribution is 2.29. The minimum atomic E-state index is -0.337. The number of benzene rings is 1. The average molecular weight is 387 g/mol. The van der Waals surface area contributed by atoms with E-state index in [0.717, 1.165) is 11.1 Å². The van der Waals surface area contributed by atoms with Gasteiger partial charge < -0.3 is 10.1 Å². The summed E-state index contributed by atoms with van der Waals surface area (Å²) in [5.41, 5.74) is 4.02. The molecule has 0 fully saturated rings. The number of H-pyrrole nitrogens is 1. The van der Waals surface area contributed by atoms with E-state index in [9.17, 15) is 4.39 Å². The van der Waals surface area contributed by atoms with Crippen molar-refractivity contribution in [3.8, 4) is 22.5 Å². The second-order valence-corrected chi connectivity index (χ2v) is 6.24. The number of hydrogen-bond acceptors (Lipinski definition) is 5. The predicted octanol–water partition coefficient (Wildman–Crippen LogP) is 2.86. The van der Waals surface area contributed by atoms with Gasteiger partial charge in [0.05, 0.1) is 30.4 Å². The molecule has 0 unspecified atom stereocenters. The third-order valence-electron chi connectivity index (χ3n) is 4.25. The molecule has 1 aromatic carbocycles. The van der Waals surface area contributed by atoms with Crippen molar-refractivity contribution in [3.63, 3.8) is 0 Å². The minimum absolute atomic E-state index is 0.00769. The molecule has 9 heteroatoms. The number of hydrogen-bond donors (Lipinski definition) is 3. The third-order valence-corrected chi connectivity index (χ3v) is 4.38. The lowest BCUT2D eigenvalue weighted by Crippen LogP contribution is -2.01. The number of aromatic amines is 1. The summed E-state index contributed by atoms with van der Waals surface area (Å²) in [6.07, 6.45) is 5.10. The van der Waals surface area contributed by atoms with Crippen LogP contribution in [0.1, 0.15) is 5.56 Å². The van der Waals surface area contributed by atoms with Crippen LogP contribution in [0.2, 0.25) is 0 Å². The van der Waals surface area contributed by atoms with Crippen molar-refractivity contribution in [2.45, 2.75) is 13.1 Å². The first-order valence-corrected chi connectivity index (χ1v) is 8.68. The summed E-state index contributed by atoms with van der Waals surface area (Å²) in [5, 5.41) is 13.2. The van der Waals surface area contributed by atoms with Crippen molar-refractivity contribution in [2.24, 2.45) is 0 Å². The van der Waals surface area contributed by atoms with Crippen LogP contribution in [0.3, 0.4) is 0 Å². The smallest absolute Gasteiger partial charge is 0.178 e. The quantitative estimate of drug-likeness (QED) is 0.443. The standard InChI is InChI=1S/C18H16ClFN6O/c19-22-8-12-2-1-11(7-15(12)20)14-3-4-21-18-16(14)24-17(25-18)13-9-23-26(10-13)5-6-27/h1-4,7,9-10,22,27H,5-6,8H2,(H,21,24,25). The Morgan fingerprint density at radius 2 is 2.15 bits per heavy atom. The maximum Gasteiger partial charge on any atom is 0.178 e. The first-order chi connectivity index (χ1) is 13.2. The van der Waals surface area contributed by atoms with E-state index in [0.29, 0.717) is 34.7 Å². The highest BCUT2D eigenvalue weighted by atomic mass is 35.5. The molecule has 138 valence electrons. The molecule has 4 aromatic rings. The Hall–Kier alpha value is -2.81. The number of pyridine rings is 1. The van der Waals surface area contributed by atoms with Crippen LogP contribution < -0.4 is 4.84 Å². The minimum Gasteiger partial charge on any atom is -0.394 e. The number of imidazole rings is 1. The number of fused-ring (bicyclic) bond motifs is 1. The molecule has 0 radical (unpaired) electrons. The number of rotatable bonds is 6. The van der Waals surface area contributed by atoms with Gasteiger partial charge in [-0.15, -0.1) is 0 Å². The highest BCUT2D eigenvalue weighted by molar-refractivity contribution is 6.13. The van der Waals surface area contributed by atoms with Crippen molar-refractivity contribution in [1.29, 1.82) is 0 Å². The van der Waals surface area contributed by atoms with Gasteiger partial charge in [0.15, 0.2) is 5.65 Å². The Morgan fingerprint density at radius 1 is 1.26 bits per heavy atom. The normalized spacial score (nSPS) is 11.4. The molecule has 3 N–H and O–H groups in total. The fourth-order valence-corrected chi connectivity index (χ4v) is 3.07. The lowest BCUT2D eigenvalue weighted by Gasteiger charge is -2.06. The van der Waals surface area contributed by atoms with E-state index in [1.165, 1.54) is 6.07 Å². The Kier molecular flexibility index (Phi) is 4.85. The Balaban J connectivity index is 1.76. The van der Waals surface area contributed by atoms with Gasteiger partial charge in [0.25, 0.3) is 0 Å². The van der Waals surface area contributed by atoms with E-state index in [1.807, 2.05) is 12.1 Å². The number of aliphatic hydroxyl groups excluding tert-OH is 1. The van der Waals surface area contributed by atoms with Crippen molar-refractivity contribution < 1.29 is 9.50 Å². The summed E-state index contributed by atoms with van der Waals surface area (Å²) in [6, 6.07) is 6.82. The summed E-state index contributed by atoms with van der Waals surface area (Å²) in [5.74, 6) is 0.271. The maximum atomic E-state index is 14.3. The van der Waals surface area contributed by atoms with Crippen LogP contribution >= 0.6 is 11.8 Å². The van der Waals surface area contributed by atoms with Crippen LogP contribution in [-0.4, -0.2) is 36.4 Å². The first-order valence-electron chi connectivity index (χ1n) is 8.30. The van der Waals surface area contributed by atoms with Gasteiger partial charge in [0.1, 0.15) is 11.6 Å². The van der Waals surface area contributed by atoms with E-state index in [4.69, 9.17) is 16.9 Å². The zero-order valence-electron chi connectivity index (χ0n) is 14.2. The van der Waals surface area contributed by atoms with E-state index in [-0.39, 0.29) is 19.0 Å². The number of nitrogens with one attached hydrogen (secondary N) is 2. The molecule has 3 heterocycles. The van der Waals surface area contributed by atoms with Gasteiger partial charge in [-0.2, -0.15) is 5.10 Å². The second-order valence-electron chi connectivity index (χ2n) is 5.97. The Bertz CT molecular complexity index is 1090. The molecule has 0 amide bonds. The molecular weight excluding hydrogens is 371 g/mol. The van der Waals surface area contributed by atoms with Crippen LogP contribution in [0.25, 0.3) is 33.7 Å². The number of nitrogens with zero attached hydrogens (tertiary/aromatic N) is 4. The molecule has 0 aliphatic carbocycles. The fraction of sp³-hybridized carbons (Fsp3) is 0.167. The third kappa shape index (κ3) is 3.42. The molecule has 0 saturated carbocycles. The van der Waals surface area contributed by atoms with E-state index >= 15 is 0 Å². The zero-order valence-corrected chi connectivity index (χ0v) is 14.9. The Labute approximate surface area is 159 Å². The van der Waals surface area contributed by atoms with Crippen LogP contribution in [-0.2, 0) is 13.1 Å². The van der Waals surface area contributed by atoms with Crippen molar-refractivity contribution in [2.75, 3.05) is 6.61 Å². The number of aromatic nitrogens is 5. The molecule has 3 aromatic heterocycles. The second kappa shape index (κ2) is 7.43. The SMILES string of the molecule is OCCn1cc(-c2nc3nccc(-c4ccc(CNCl)c(F)c4)c3[nH]2)cn1. The van der Waals surface area contributed by atoms with E-state index in [2.05, 4.69) is 24.9 Å². The summed E-state index contributed by atoms with van der Waals surface area (Å²) in [7, 11) is 0. The van der Waals surface area contributed by atoms with Gasteiger partial charge in [0, 0.05) is 30.1 Å². The molecule has 4 rings (SSSR count). The molecule has 0 aliphatic rings. The monoisotopic (exact) mass is 386 g/mol. The molecule has 27 heavy (non-hydrogen) atoms. The number of aliphatic hydroxyl groups is 1. The summed E-state index contributed by atoms with van der Waals surface area (Å²) in [6.45, 7) is 0.658. The van der Waals surface area contributed by atoms with Crippen LogP contribution in [0.4, 0.5) is 4.39 Å². The molecule has 7 nitrogen and oxygen atoms in total. The van der Waals surface area contributed by atoms with E-state index in [1.54, 1.807) is 29.3 Å². The molecule has 0 spiro atoms. The van der Waals surface area contributed by atoms with Crippen molar-refractivity contribution in [1.82, 2.24) is 29.6 Å². The maximum absolute atomic E-state index is 14.3. The van der Waals surface area contributed by atoms with Crippen LogP contribution in [0.5, 0.6) is 0 Å². The lowest BCUT2D eigenvalue weighted by atomic mass is 10.0. The first kappa shape index (κ1) is 17.6. The van der Waals surface area contributed by atoms with Gasteiger partial charge in [-0.05, 0) is 29.5 Å². The van der Waals surface area contributed by atoms with Crippen molar-refractivity contribution in [3.05, 3.63) is 54.2 Å². The van der Waals surface area contributed by atoms with Crippen LogP contribution in [0, 0.1) is 5.82 Å². The topological polar surface area (TPSA) is 91.6 Å².